The average Bonchev–Trinajstić information content (AvgIpc) is 2.84. The number of amides is 2. The minimum Gasteiger partial charge on any atom is -0.333 e. The van der Waals surface area contributed by atoms with Crippen LogP contribution >= 0.6 is 11.8 Å². The summed E-state index contributed by atoms with van der Waals surface area (Å²) >= 11 is 1.81. The third-order valence-corrected chi connectivity index (χ3v) is 4.46. The quantitative estimate of drug-likeness (QED) is 0.797. The maximum Gasteiger partial charge on any atom is 0.315 e. The zero-order valence-corrected chi connectivity index (χ0v) is 14.9. The molecule has 2 aromatic rings. The number of nitrogens with zero attached hydrogens (tertiary/aromatic N) is 2. The molecule has 1 atom stereocenters. The van der Waals surface area contributed by atoms with E-state index in [2.05, 4.69) is 46.9 Å². The number of carbonyl (C=O) groups is 1. The van der Waals surface area contributed by atoms with Gasteiger partial charge in [0.05, 0.1) is 24.0 Å². The fourth-order valence-corrected chi connectivity index (χ4v) is 3.01. The van der Waals surface area contributed by atoms with E-state index < -0.39 is 0 Å². The van der Waals surface area contributed by atoms with Crippen molar-refractivity contribution in [3.05, 3.63) is 47.3 Å². The lowest BCUT2D eigenvalue weighted by atomic mass is 10.1. The van der Waals surface area contributed by atoms with E-state index in [-0.39, 0.29) is 12.1 Å². The molecule has 1 aromatic carbocycles. The summed E-state index contributed by atoms with van der Waals surface area (Å²) in [5.74, 6) is 1.06. The summed E-state index contributed by atoms with van der Waals surface area (Å²) in [5.41, 5.74) is 3.02. The van der Waals surface area contributed by atoms with Gasteiger partial charge in [-0.3, -0.25) is 4.68 Å². The summed E-state index contributed by atoms with van der Waals surface area (Å²) in [4.78, 5) is 13.3. The van der Waals surface area contributed by atoms with Gasteiger partial charge in [0.2, 0.25) is 0 Å². The maximum absolute atomic E-state index is 12.0. The number of aryl methyl sites for hydroxylation is 2. The van der Waals surface area contributed by atoms with Crippen LogP contribution in [-0.2, 0) is 13.6 Å². The zero-order chi connectivity index (χ0) is 16.8. The Labute approximate surface area is 141 Å². The lowest BCUT2D eigenvalue weighted by molar-refractivity contribution is 0.237. The largest absolute Gasteiger partial charge is 0.333 e. The summed E-state index contributed by atoms with van der Waals surface area (Å²) in [6.45, 7) is 6.51. The molecule has 1 unspecified atom stereocenters. The molecule has 5 nitrogen and oxygen atoms in total. The van der Waals surface area contributed by atoms with Crippen LogP contribution in [-0.4, -0.2) is 21.6 Å². The number of thioether (sulfide) groups is 1. The molecule has 23 heavy (non-hydrogen) atoms. The number of nitrogens with one attached hydrogen (secondary N) is 2. The molecule has 0 aliphatic heterocycles. The second kappa shape index (κ2) is 8.06. The summed E-state index contributed by atoms with van der Waals surface area (Å²) in [6, 6.07) is 10.1. The number of hydrogen-bond donors (Lipinski definition) is 2. The molecule has 0 bridgehead atoms. The molecule has 0 spiro atoms. The van der Waals surface area contributed by atoms with Crippen LogP contribution in [0.5, 0.6) is 0 Å². The highest BCUT2D eigenvalue weighted by molar-refractivity contribution is 7.99. The van der Waals surface area contributed by atoms with Crippen LogP contribution in [0.1, 0.15) is 36.8 Å². The fourth-order valence-electron chi connectivity index (χ4n) is 2.35. The molecule has 0 fully saturated rings. The summed E-state index contributed by atoms with van der Waals surface area (Å²) < 4.78 is 1.78. The maximum atomic E-state index is 12.0. The molecule has 2 N–H and O–H groups in total. The van der Waals surface area contributed by atoms with Gasteiger partial charge in [-0.2, -0.15) is 5.10 Å². The van der Waals surface area contributed by atoms with Crippen molar-refractivity contribution >= 4 is 17.8 Å². The average molecular weight is 332 g/mol. The summed E-state index contributed by atoms with van der Waals surface area (Å²) in [6.07, 6.45) is 0. The molecule has 0 saturated heterocycles. The van der Waals surface area contributed by atoms with Crippen LogP contribution < -0.4 is 10.6 Å². The van der Waals surface area contributed by atoms with E-state index in [1.807, 2.05) is 38.7 Å². The first-order valence-corrected chi connectivity index (χ1v) is 8.74. The Kier molecular flexibility index (Phi) is 6.10. The SMILES string of the molecule is CCSc1ccc(C(C)NC(=O)NCc2cc(C)nn2C)cc1. The smallest absolute Gasteiger partial charge is 0.315 e. The van der Waals surface area contributed by atoms with Crippen LogP contribution in [0.3, 0.4) is 0 Å². The van der Waals surface area contributed by atoms with Gasteiger partial charge in [-0.25, -0.2) is 4.79 Å². The van der Waals surface area contributed by atoms with Crippen molar-refractivity contribution in [1.29, 1.82) is 0 Å². The molecule has 6 heteroatoms. The first-order valence-electron chi connectivity index (χ1n) is 7.76. The molecule has 124 valence electrons. The Balaban J connectivity index is 1.85. The predicted molar refractivity (Wildman–Crippen MR) is 94.6 cm³/mol. The van der Waals surface area contributed by atoms with Crippen molar-refractivity contribution in [2.24, 2.45) is 7.05 Å². The standard InChI is InChI=1S/C17H24N4OS/c1-5-23-16-8-6-14(7-9-16)13(3)19-17(22)18-11-15-10-12(2)20-21(15)4/h6-10,13H,5,11H2,1-4H3,(H2,18,19,22). The van der Waals surface area contributed by atoms with Crippen molar-refractivity contribution in [3.8, 4) is 0 Å². The Hall–Kier alpha value is -1.95. The van der Waals surface area contributed by atoms with Crippen LogP contribution in [0.2, 0.25) is 0 Å². The molecule has 0 saturated carbocycles. The second-order valence-corrected chi connectivity index (χ2v) is 6.79. The monoisotopic (exact) mass is 332 g/mol. The fraction of sp³-hybridized carbons (Fsp3) is 0.412. The van der Waals surface area contributed by atoms with Crippen molar-refractivity contribution in [1.82, 2.24) is 20.4 Å². The van der Waals surface area contributed by atoms with E-state index in [0.717, 1.165) is 22.7 Å². The third-order valence-electron chi connectivity index (χ3n) is 3.57. The van der Waals surface area contributed by atoms with E-state index in [1.165, 1.54) is 4.90 Å². The van der Waals surface area contributed by atoms with Gasteiger partial charge in [0, 0.05) is 11.9 Å². The van der Waals surface area contributed by atoms with Crippen molar-refractivity contribution in [3.63, 3.8) is 0 Å². The number of rotatable bonds is 6. The van der Waals surface area contributed by atoms with E-state index in [9.17, 15) is 4.79 Å². The molecule has 1 heterocycles. The molecular weight excluding hydrogens is 308 g/mol. The highest BCUT2D eigenvalue weighted by Crippen LogP contribution is 2.20. The molecule has 1 aromatic heterocycles. The van der Waals surface area contributed by atoms with Crippen LogP contribution in [0.25, 0.3) is 0 Å². The molecule has 0 radical (unpaired) electrons. The third kappa shape index (κ3) is 5.03. The van der Waals surface area contributed by atoms with E-state index >= 15 is 0 Å². The van der Waals surface area contributed by atoms with Gasteiger partial charge < -0.3 is 10.6 Å². The normalized spacial score (nSPS) is 12.0. The molecule has 0 aliphatic rings. The molecule has 2 amide bonds. The van der Waals surface area contributed by atoms with Gasteiger partial charge >= 0.3 is 6.03 Å². The number of benzene rings is 1. The van der Waals surface area contributed by atoms with E-state index in [1.54, 1.807) is 4.68 Å². The Morgan fingerprint density at radius 2 is 2.04 bits per heavy atom. The highest BCUT2D eigenvalue weighted by atomic mass is 32.2. The number of aromatic nitrogens is 2. The summed E-state index contributed by atoms with van der Waals surface area (Å²) in [5, 5.41) is 10.1. The number of urea groups is 1. The van der Waals surface area contributed by atoms with Crippen LogP contribution in [0.15, 0.2) is 35.2 Å². The molecular formula is C17H24N4OS. The Morgan fingerprint density at radius 1 is 1.35 bits per heavy atom. The highest BCUT2D eigenvalue weighted by Gasteiger charge is 2.10. The lowest BCUT2D eigenvalue weighted by Crippen LogP contribution is -2.37. The topological polar surface area (TPSA) is 59.0 Å². The van der Waals surface area contributed by atoms with E-state index in [4.69, 9.17) is 0 Å². The number of hydrogen-bond acceptors (Lipinski definition) is 3. The molecule has 0 aliphatic carbocycles. The zero-order valence-electron chi connectivity index (χ0n) is 14.1. The van der Waals surface area contributed by atoms with Crippen molar-refractivity contribution in [2.45, 2.75) is 38.3 Å². The van der Waals surface area contributed by atoms with E-state index in [0.29, 0.717) is 6.54 Å². The minimum absolute atomic E-state index is 0.0380. The van der Waals surface area contributed by atoms with Gasteiger partial charge in [-0.15, -0.1) is 11.8 Å². The van der Waals surface area contributed by atoms with Crippen molar-refractivity contribution < 1.29 is 4.79 Å². The predicted octanol–water partition coefficient (Wildman–Crippen LogP) is 3.40. The van der Waals surface area contributed by atoms with Gasteiger partial charge in [-0.05, 0) is 43.4 Å². The minimum atomic E-state index is -0.177. The lowest BCUT2D eigenvalue weighted by Gasteiger charge is -2.15. The molecule has 2 rings (SSSR count). The second-order valence-electron chi connectivity index (χ2n) is 5.45. The van der Waals surface area contributed by atoms with Gasteiger partial charge in [-0.1, -0.05) is 19.1 Å². The first-order chi connectivity index (χ1) is 11.0. The number of carbonyl (C=O) groups excluding carboxylic acids is 1. The Morgan fingerprint density at radius 3 is 2.61 bits per heavy atom. The van der Waals surface area contributed by atoms with Gasteiger partial charge in [0.15, 0.2) is 0 Å². The van der Waals surface area contributed by atoms with Gasteiger partial charge in [0.1, 0.15) is 0 Å². The van der Waals surface area contributed by atoms with Crippen molar-refractivity contribution in [2.75, 3.05) is 5.75 Å². The first kappa shape index (κ1) is 17.4. The van der Waals surface area contributed by atoms with Crippen LogP contribution in [0.4, 0.5) is 4.79 Å². The van der Waals surface area contributed by atoms with Gasteiger partial charge in [0.25, 0.3) is 0 Å². The Bertz CT molecular complexity index is 651. The summed E-state index contributed by atoms with van der Waals surface area (Å²) in [7, 11) is 1.88. The van der Waals surface area contributed by atoms with Crippen LogP contribution in [0, 0.1) is 6.92 Å².